The van der Waals surface area contributed by atoms with E-state index in [1.807, 2.05) is 0 Å². The molecule has 1 saturated carbocycles. The predicted molar refractivity (Wildman–Crippen MR) is 69.2 cm³/mol. The van der Waals surface area contributed by atoms with E-state index in [4.69, 9.17) is 4.52 Å². The van der Waals surface area contributed by atoms with Crippen LogP contribution in [0.25, 0.3) is 11.4 Å². The van der Waals surface area contributed by atoms with Crippen LogP contribution < -0.4 is 5.32 Å². The van der Waals surface area contributed by atoms with Crippen molar-refractivity contribution in [1.82, 2.24) is 15.5 Å². The number of aryl methyl sites for hydroxylation is 1. The number of hydrogen-bond acceptors (Lipinski definition) is 4. The Morgan fingerprint density at radius 3 is 2.80 bits per heavy atom. The van der Waals surface area contributed by atoms with E-state index < -0.39 is 0 Å². The van der Waals surface area contributed by atoms with Gasteiger partial charge in [0.1, 0.15) is 5.82 Å². The van der Waals surface area contributed by atoms with Gasteiger partial charge in [0.05, 0.1) is 0 Å². The third-order valence-electron chi connectivity index (χ3n) is 3.08. The van der Waals surface area contributed by atoms with Crippen molar-refractivity contribution in [2.45, 2.75) is 31.7 Å². The van der Waals surface area contributed by atoms with Crippen molar-refractivity contribution in [3.63, 3.8) is 0 Å². The van der Waals surface area contributed by atoms with E-state index in [9.17, 15) is 9.18 Å². The summed E-state index contributed by atoms with van der Waals surface area (Å²) in [7, 11) is 0. The molecule has 1 aliphatic rings. The number of hydrogen-bond donors (Lipinski definition) is 1. The molecule has 0 bridgehead atoms. The molecule has 6 heteroatoms. The van der Waals surface area contributed by atoms with E-state index >= 15 is 0 Å². The van der Waals surface area contributed by atoms with Crippen LogP contribution in [0.15, 0.2) is 28.8 Å². The largest absolute Gasteiger partial charge is 0.353 e. The van der Waals surface area contributed by atoms with Crippen LogP contribution in [-0.2, 0) is 11.2 Å². The first-order chi connectivity index (χ1) is 9.70. The standard InChI is InChI=1S/C14H14FN3O2/c15-10-3-1-9(2-4-10)14-17-13(20-18-14)8-7-12(19)16-11-5-6-11/h1-4,11H,5-8H2,(H,16,19). The van der Waals surface area contributed by atoms with Crippen molar-refractivity contribution in [2.24, 2.45) is 0 Å². The molecule has 5 nitrogen and oxygen atoms in total. The Bertz CT molecular complexity index is 605. The first kappa shape index (κ1) is 12.8. The predicted octanol–water partition coefficient (Wildman–Crippen LogP) is 2.09. The van der Waals surface area contributed by atoms with Gasteiger partial charge in [0, 0.05) is 24.4 Å². The summed E-state index contributed by atoms with van der Waals surface area (Å²) in [5.74, 6) is 0.515. The summed E-state index contributed by atoms with van der Waals surface area (Å²) in [5.41, 5.74) is 0.684. The molecule has 1 fully saturated rings. The van der Waals surface area contributed by atoms with E-state index in [0.717, 1.165) is 12.8 Å². The lowest BCUT2D eigenvalue weighted by molar-refractivity contribution is -0.121. The molecular weight excluding hydrogens is 261 g/mol. The Morgan fingerprint density at radius 2 is 2.10 bits per heavy atom. The maximum absolute atomic E-state index is 12.8. The highest BCUT2D eigenvalue weighted by Gasteiger charge is 2.23. The van der Waals surface area contributed by atoms with Crippen molar-refractivity contribution in [3.05, 3.63) is 36.0 Å². The summed E-state index contributed by atoms with van der Waals surface area (Å²) in [4.78, 5) is 15.7. The first-order valence-corrected chi connectivity index (χ1v) is 6.58. The van der Waals surface area contributed by atoms with Gasteiger partial charge < -0.3 is 9.84 Å². The lowest BCUT2D eigenvalue weighted by atomic mass is 10.2. The average molecular weight is 275 g/mol. The fourth-order valence-corrected chi connectivity index (χ4v) is 1.82. The Morgan fingerprint density at radius 1 is 1.35 bits per heavy atom. The van der Waals surface area contributed by atoms with E-state index in [1.54, 1.807) is 12.1 Å². The first-order valence-electron chi connectivity index (χ1n) is 6.58. The molecule has 1 aromatic carbocycles. The number of rotatable bonds is 5. The Kier molecular flexibility index (Phi) is 3.45. The average Bonchev–Trinajstić information content (AvgIpc) is 3.12. The van der Waals surface area contributed by atoms with Gasteiger partial charge in [0.25, 0.3) is 0 Å². The molecule has 1 heterocycles. The van der Waals surface area contributed by atoms with Crippen LogP contribution in [0.2, 0.25) is 0 Å². The number of halogens is 1. The highest BCUT2D eigenvalue weighted by molar-refractivity contribution is 5.76. The number of nitrogens with one attached hydrogen (secondary N) is 1. The van der Waals surface area contributed by atoms with Crippen LogP contribution in [0.3, 0.4) is 0 Å². The Hall–Kier alpha value is -2.24. The van der Waals surface area contributed by atoms with Gasteiger partial charge in [0.15, 0.2) is 0 Å². The van der Waals surface area contributed by atoms with Crippen LogP contribution in [0.1, 0.15) is 25.2 Å². The van der Waals surface area contributed by atoms with Gasteiger partial charge in [-0.3, -0.25) is 4.79 Å². The summed E-state index contributed by atoms with van der Waals surface area (Å²) < 4.78 is 17.9. The maximum Gasteiger partial charge on any atom is 0.227 e. The molecule has 2 aromatic rings. The molecule has 0 radical (unpaired) electrons. The second kappa shape index (κ2) is 5.40. The monoisotopic (exact) mass is 275 g/mol. The topological polar surface area (TPSA) is 68.0 Å². The van der Waals surface area contributed by atoms with Crippen molar-refractivity contribution in [1.29, 1.82) is 0 Å². The van der Waals surface area contributed by atoms with E-state index in [1.165, 1.54) is 12.1 Å². The van der Waals surface area contributed by atoms with Gasteiger partial charge in [-0.15, -0.1) is 0 Å². The molecule has 20 heavy (non-hydrogen) atoms. The Labute approximate surface area is 115 Å². The summed E-state index contributed by atoms with van der Waals surface area (Å²) in [6, 6.07) is 6.22. The lowest BCUT2D eigenvalue weighted by Crippen LogP contribution is -2.25. The minimum atomic E-state index is -0.311. The molecule has 0 spiro atoms. The summed E-state index contributed by atoms with van der Waals surface area (Å²) in [6.07, 6.45) is 2.89. The normalized spacial score (nSPS) is 14.2. The van der Waals surface area contributed by atoms with Gasteiger partial charge in [-0.25, -0.2) is 4.39 Å². The van der Waals surface area contributed by atoms with Crippen molar-refractivity contribution in [2.75, 3.05) is 0 Å². The van der Waals surface area contributed by atoms with E-state index in [0.29, 0.717) is 36.2 Å². The van der Waals surface area contributed by atoms with Gasteiger partial charge >= 0.3 is 0 Å². The lowest BCUT2D eigenvalue weighted by Gasteiger charge is -1.99. The van der Waals surface area contributed by atoms with Crippen LogP contribution in [0, 0.1) is 5.82 Å². The Balaban J connectivity index is 1.58. The number of amides is 1. The molecule has 3 rings (SSSR count). The SMILES string of the molecule is O=C(CCc1nc(-c2ccc(F)cc2)no1)NC1CC1. The zero-order valence-electron chi connectivity index (χ0n) is 10.8. The van der Waals surface area contributed by atoms with Gasteiger partial charge in [-0.05, 0) is 37.1 Å². The molecule has 0 atom stereocenters. The zero-order valence-corrected chi connectivity index (χ0v) is 10.8. The zero-order chi connectivity index (χ0) is 13.9. The second-order valence-corrected chi connectivity index (χ2v) is 4.86. The third kappa shape index (κ3) is 3.20. The molecule has 0 unspecified atom stereocenters. The quantitative estimate of drug-likeness (QED) is 0.907. The molecule has 1 amide bonds. The number of aromatic nitrogens is 2. The smallest absolute Gasteiger partial charge is 0.227 e. The maximum atomic E-state index is 12.8. The number of nitrogens with zero attached hydrogens (tertiary/aromatic N) is 2. The van der Waals surface area contributed by atoms with Gasteiger partial charge in [0.2, 0.25) is 17.6 Å². The number of carbonyl (C=O) groups excluding carboxylic acids is 1. The van der Waals surface area contributed by atoms with Crippen LogP contribution in [-0.4, -0.2) is 22.1 Å². The summed E-state index contributed by atoms with van der Waals surface area (Å²) >= 11 is 0. The highest BCUT2D eigenvalue weighted by atomic mass is 19.1. The van der Waals surface area contributed by atoms with Crippen LogP contribution >= 0.6 is 0 Å². The minimum absolute atomic E-state index is 0.00836. The van der Waals surface area contributed by atoms with Crippen LogP contribution in [0.4, 0.5) is 4.39 Å². The molecule has 0 saturated heterocycles. The molecule has 0 aliphatic heterocycles. The van der Waals surface area contributed by atoms with Gasteiger partial charge in [-0.2, -0.15) is 4.98 Å². The second-order valence-electron chi connectivity index (χ2n) is 4.86. The summed E-state index contributed by atoms with van der Waals surface area (Å²) in [6.45, 7) is 0. The molecular formula is C14H14FN3O2. The number of benzene rings is 1. The van der Waals surface area contributed by atoms with Gasteiger partial charge in [-0.1, -0.05) is 5.16 Å². The fraction of sp³-hybridized carbons (Fsp3) is 0.357. The number of carbonyl (C=O) groups is 1. The van der Waals surface area contributed by atoms with Crippen molar-refractivity contribution in [3.8, 4) is 11.4 Å². The van der Waals surface area contributed by atoms with E-state index in [2.05, 4.69) is 15.5 Å². The third-order valence-corrected chi connectivity index (χ3v) is 3.08. The minimum Gasteiger partial charge on any atom is -0.353 e. The summed E-state index contributed by atoms with van der Waals surface area (Å²) in [5, 5.41) is 6.73. The van der Waals surface area contributed by atoms with Crippen LogP contribution in [0.5, 0.6) is 0 Å². The van der Waals surface area contributed by atoms with E-state index in [-0.39, 0.29) is 11.7 Å². The fourth-order valence-electron chi connectivity index (χ4n) is 1.82. The molecule has 1 N–H and O–H groups in total. The highest BCUT2D eigenvalue weighted by Crippen LogP contribution is 2.19. The van der Waals surface area contributed by atoms with Crippen molar-refractivity contribution < 1.29 is 13.7 Å². The molecule has 1 aromatic heterocycles. The van der Waals surface area contributed by atoms with Crippen molar-refractivity contribution >= 4 is 5.91 Å². The molecule has 1 aliphatic carbocycles. The molecule has 104 valence electrons.